The maximum absolute atomic E-state index is 12.5. The molecule has 1 aromatic heterocycles. The van der Waals surface area contributed by atoms with Gasteiger partial charge in [-0.3, -0.25) is 0 Å². The van der Waals surface area contributed by atoms with Gasteiger partial charge < -0.3 is 4.57 Å². The fourth-order valence-electron chi connectivity index (χ4n) is 0.694. The fraction of sp³-hybridized carbons (Fsp3) is 0.600. The van der Waals surface area contributed by atoms with Crippen molar-refractivity contribution in [2.75, 3.05) is 0 Å². The zero-order chi connectivity index (χ0) is 10.3. The zero-order valence-electron chi connectivity index (χ0n) is 6.31. The lowest BCUT2D eigenvalue weighted by Gasteiger charge is -2.17. The highest BCUT2D eigenvalue weighted by Crippen LogP contribution is 2.42. The van der Waals surface area contributed by atoms with Gasteiger partial charge in [-0.15, -0.1) is 10.2 Å². The van der Waals surface area contributed by atoms with Crippen LogP contribution in [-0.2, 0) is 13.0 Å². The van der Waals surface area contributed by atoms with Crippen molar-refractivity contribution in [2.24, 2.45) is 7.05 Å². The van der Waals surface area contributed by atoms with Crippen molar-refractivity contribution in [3.63, 3.8) is 0 Å². The second-order valence-electron chi connectivity index (χ2n) is 2.34. The van der Waals surface area contributed by atoms with Gasteiger partial charge in [0.05, 0.1) is 0 Å². The summed E-state index contributed by atoms with van der Waals surface area (Å²) in [7, 11) is 1.01. The Kier molecular flexibility index (Phi) is 2.01. The number of nitrogens with zero attached hydrogens (tertiary/aromatic N) is 3. The van der Waals surface area contributed by atoms with Crippen LogP contribution in [0.2, 0.25) is 0 Å². The lowest BCUT2D eigenvalue weighted by Crippen LogP contribution is -2.36. The lowest BCUT2D eigenvalue weighted by atomic mass is 10.3. The second kappa shape index (κ2) is 2.64. The van der Waals surface area contributed by atoms with Crippen molar-refractivity contribution < 1.29 is 22.0 Å². The summed E-state index contributed by atoms with van der Waals surface area (Å²) < 4.78 is 60.8. The van der Waals surface area contributed by atoms with Gasteiger partial charge in [0.15, 0.2) is 0 Å². The van der Waals surface area contributed by atoms with E-state index in [1.165, 1.54) is 0 Å². The van der Waals surface area contributed by atoms with Gasteiger partial charge in [0.2, 0.25) is 5.82 Å². The Morgan fingerprint density at radius 1 is 1.23 bits per heavy atom. The van der Waals surface area contributed by atoms with Gasteiger partial charge in [-0.05, 0) is 0 Å². The van der Waals surface area contributed by atoms with Crippen LogP contribution in [0.25, 0.3) is 0 Å². The van der Waals surface area contributed by atoms with Gasteiger partial charge in [0, 0.05) is 7.05 Å². The highest BCUT2D eigenvalue weighted by molar-refractivity contribution is 4.99. The molecule has 0 spiro atoms. The molecular weight excluding hydrogens is 197 g/mol. The number of hydrogen-bond donors (Lipinski definition) is 0. The Morgan fingerprint density at radius 3 is 2.08 bits per heavy atom. The molecule has 0 N–H and O–H groups in total. The summed E-state index contributed by atoms with van der Waals surface area (Å²) in [6, 6.07) is 0. The van der Waals surface area contributed by atoms with Crippen molar-refractivity contribution in [1.29, 1.82) is 0 Å². The minimum Gasteiger partial charge on any atom is -0.315 e. The number of hydrogen-bond acceptors (Lipinski definition) is 2. The number of aryl methyl sites for hydroxylation is 1. The van der Waals surface area contributed by atoms with Crippen molar-refractivity contribution in [2.45, 2.75) is 12.1 Å². The van der Waals surface area contributed by atoms with E-state index in [4.69, 9.17) is 0 Å². The topological polar surface area (TPSA) is 30.7 Å². The van der Waals surface area contributed by atoms with Gasteiger partial charge in [-0.25, -0.2) is 0 Å². The maximum Gasteiger partial charge on any atom is 0.461 e. The minimum absolute atomic E-state index is 0.521. The van der Waals surface area contributed by atoms with E-state index in [9.17, 15) is 22.0 Å². The standard InChI is InChI=1S/C5H4F5N3/c1-13-2-11-12-3(13)4(6,7)5(8,9)10/h2H,1H3. The molecule has 0 aliphatic rings. The third-order valence-electron chi connectivity index (χ3n) is 1.35. The third kappa shape index (κ3) is 1.47. The van der Waals surface area contributed by atoms with E-state index in [0.29, 0.717) is 4.57 Å². The highest BCUT2D eigenvalue weighted by atomic mass is 19.4. The van der Waals surface area contributed by atoms with E-state index in [2.05, 4.69) is 10.2 Å². The number of alkyl halides is 5. The van der Waals surface area contributed by atoms with Gasteiger partial charge in [-0.1, -0.05) is 0 Å². The second-order valence-corrected chi connectivity index (χ2v) is 2.34. The molecule has 0 fully saturated rings. The van der Waals surface area contributed by atoms with Crippen LogP contribution in [0.1, 0.15) is 5.82 Å². The molecule has 0 atom stereocenters. The first-order valence-corrected chi connectivity index (χ1v) is 3.06. The fourth-order valence-corrected chi connectivity index (χ4v) is 0.694. The smallest absolute Gasteiger partial charge is 0.315 e. The number of rotatable bonds is 1. The summed E-state index contributed by atoms with van der Waals surface area (Å²) in [6.07, 6.45) is -4.87. The molecule has 0 amide bonds. The third-order valence-corrected chi connectivity index (χ3v) is 1.35. The Morgan fingerprint density at radius 2 is 1.77 bits per heavy atom. The van der Waals surface area contributed by atoms with Crippen LogP contribution in [0.3, 0.4) is 0 Å². The van der Waals surface area contributed by atoms with Crippen molar-refractivity contribution in [1.82, 2.24) is 14.8 Å². The van der Waals surface area contributed by atoms with E-state index < -0.39 is 17.9 Å². The van der Waals surface area contributed by atoms with Crippen LogP contribution in [0.5, 0.6) is 0 Å². The highest BCUT2D eigenvalue weighted by Gasteiger charge is 2.61. The SMILES string of the molecule is Cn1cnnc1C(F)(F)C(F)(F)F. The van der Waals surface area contributed by atoms with Crippen LogP contribution in [-0.4, -0.2) is 20.9 Å². The first-order valence-electron chi connectivity index (χ1n) is 3.06. The molecule has 1 aromatic rings. The molecule has 0 bridgehead atoms. The van der Waals surface area contributed by atoms with Crippen LogP contribution >= 0.6 is 0 Å². The number of halogens is 5. The quantitative estimate of drug-likeness (QED) is 0.644. The molecule has 1 heterocycles. The van der Waals surface area contributed by atoms with Gasteiger partial charge in [0.1, 0.15) is 6.33 Å². The monoisotopic (exact) mass is 201 g/mol. The Hall–Kier alpha value is -1.21. The molecule has 0 radical (unpaired) electrons. The molecule has 8 heteroatoms. The van der Waals surface area contributed by atoms with E-state index in [-0.39, 0.29) is 0 Å². The summed E-state index contributed by atoms with van der Waals surface area (Å²) in [5.74, 6) is -6.38. The summed E-state index contributed by atoms with van der Waals surface area (Å²) >= 11 is 0. The van der Waals surface area contributed by atoms with E-state index in [1.54, 1.807) is 0 Å². The molecule has 0 saturated carbocycles. The normalized spacial score (nSPS) is 13.4. The van der Waals surface area contributed by atoms with Crippen LogP contribution in [0, 0.1) is 0 Å². The average Bonchev–Trinajstić information content (AvgIpc) is 2.32. The summed E-state index contributed by atoms with van der Waals surface area (Å²) in [5.41, 5.74) is 0. The Balaban J connectivity index is 3.15. The summed E-state index contributed by atoms with van der Waals surface area (Å²) in [6.45, 7) is 0. The largest absolute Gasteiger partial charge is 0.461 e. The molecule has 0 aliphatic carbocycles. The molecule has 1 rings (SSSR count). The van der Waals surface area contributed by atoms with Crippen LogP contribution in [0.15, 0.2) is 6.33 Å². The predicted molar refractivity (Wildman–Crippen MR) is 31.0 cm³/mol. The first-order chi connectivity index (χ1) is 5.77. The maximum atomic E-state index is 12.5. The zero-order valence-corrected chi connectivity index (χ0v) is 6.31. The van der Waals surface area contributed by atoms with Crippen LogP contribution in [0.4, 0.5) is 22.0 Å². The molecule has 0 aliphatic heterocycles. The van der Waals surface area contributed by atoms with Gasteiger partial charge in [-0.2, -0.15) is 22.0 Å². The molecule has 3 nitrogen and oxygen atoms in total. The molecule has 0 aromatic carbocycles. The van der Waals surface area contributed by atoms with E-state index >= 15 is 0 Å². The minimum atomic E-state index is -5.65. The van der Waals surface area contributed by atoms with Crippen molar-refractivity contribution in [3.8, 4) is 0 Å². The number of aromatic nitrogens is 3. The first kappa shape index (κ1) is 9.87. The van der Waals surface area contributed by atoms with E-state index in [0.717, 1.165) is 13.4 Å². The van der Waals surface area contributed by atoms with Crippen molar-refractivity contribution >= 4 is 0 Å². The van der Waals surface area contributed by atoms with Crippen molar-refractivity contribution in [3.05, 3.63) is 12.2 Å². The predicted octanol–water partition coefficient (Wildman–Crippen LogP) is 1.47. The lowest BCUT2D eigenvalue weighted by molar-refractivity contribution is -0.293. The molecule has 13 heavy (non-hydrogen) atoms. The molecule has 74 valence electrons. The molecule has 0 unspecified atom stereocenters. The van der Waals surface area contributed by atoms with E-state index in [1.807, 2.05) is 0 Å². The summed E-state index contributed by atoms with van der Waals surface area (Å²) in [4.78, 5) is 0. The average molecular weight is 201 g/mol. The Labute approximate surface area is 69.2 Å². The molecule has 0 saturated heterocycles. The molecular formula is C5H4F5N3. The summed E-state index contributed by atoms with van der Waals surface area (Å²) in [5, 5.41) is 5.63. The van der Waals surface area contributed by atoms with Crippen LogP contribution < -0.4 is 0 Å². The Bertz CT molecular complexity index is 301. The van der Waals surface area contributed by atoms with Gasteiger partial charge >= 0.3 is 12.1 Å². The van der Waals surface area contributed by atoms with Gasteiger partial charge in [0.25, 0.3) is 0 Å².